The van der Waals surface area contributed by atoms with E-state index in [4.69, 9.17) is 5.73 Å². The standard InChI is InChI=1S/C16H25N/c1-2-13-9-6-10-15(11-13)16(17)12-14-7-4-3-5-8-14/h6,9-11,14,16H,2-5,7-8,12,17H2,1H3. The zero-order valence-electron chi connectivity index (χ0n) is 11.0. The molecule has 0 aromatic heterocycles. The Morgan fingerprint density at radius 3 is 2.71 bits per heavy atom. The molecule has 0 bridgehead atoms. The summed E-state index contributed by atoms with van der Waals surface area (Å²) in [6.07, 6.45) is 9.30. The van der Waals surface area contributed by atoms with Gasteiger partial charge < -0.3 is 5.73 Å². The molecule has 1 saturated carbocycles. The van der Waals surface area contributed by atoms with E-state index < -0.39 is 0 Å². The Balaban J connectivity index is 1.95. The summed E-state index contributed by atoms with van der Waals surface area (Å²) in [5.41, 5.74) is 9.08. The molecule has 1 aliphatic carbocycles. The number of benzene rings is 1. The van der Waals surface area contributed by atoms with Gasteiger partial charge in [0.25, 0.3) is 0 Å². The monoisotopic (exact) mass is 231 g/mol. The van der Waals surface area contributed by atoms with Gasteiger partial charge in [-0.05, 0) is 29.9 Å². The highest BCUT2D eigenvalue weighted by Gasteiger charge is 2.17. The molecule has 1 fully saturated rings. The third kappa shape index (κ3) is 3.57. The molecule has 2 N–H and O–H groups in total. The van der Waals surface area contributed by atoms with E-state index in [2.05, 4.69) is 31.2 Å². The second-order valence-corrected chi connectivity index (χ2v) is 5.44. The molecule has 0 spiro atoms. The van der Waals surface area contributed by atoms with Crippen molar-refractivity contribution >= 4 is 0 Å². The fraction of sp³-hybridized carbons (Fsp3) is 0.625. The van der Waals surface area contributed by atoms with Crippen LogP contribution in [0.15, 0.2) is 24.3 Å². The van der Waals surface area contributed by atoms with E-state index in [1.165, 1.54) is 49.7 Å². The highest BCUT2D eigenvalue weighted by atomic mass is 14.6. The Morgan fingerprint density at radius 1 is 1.24 bits per heavy atom. The number of hydrogen-bond acceptors (Lipinski definition) is 1. The van der Waals surface area contributed by atoms with E-state index in [9.17, 15) is 0 Å². The first-order chi connectivity index (χ1) is 8.29. The second-order valence-electron chi connectivity index (χ2n) is 5.44. The van der Waals surface area contributed by atoms with Gasteiger partial charge in [-0.3, -0.25) is 0 Å². The highest BCUT2D eigenvalue weighted by Crippen LogP contribution is 2.30. The van der Waals surface area contributed by atoms with Gasteiger partial charge >= 0.3 is 0 Å². The quantitative estimate of drug-likeness (QED) is 0.825. The molecule has 1 unspecified atom stereocenters. The lowest BCUT2D eigenvalue weighted by Crippen LogP contribution is -2.17. The van der Waals surface area contributed by atoms with Crippen LogP contribution in [0.25, 0.3) is 0 Å². The summed E-state index contributed by atoms with van der Waals surface area (Å²) in [5, 5.41) is 0. The smallest absolute Gasteiger partial charge is 0.0297 e. The van der Waals surface area contributed by atoms with Gasteiger partial charge in [0.1, 0.15) is 0 Å². The zero-order valence-corrected chi connectivity index (χ0v) is 11.0. The summed E-state index contributed by atoms with van der Waals surface area (Å²) in [5.74, 6) is 0.865. The van der Waals surface area contributed by atoms with Crippen LogP contribution in [0, 0.1) is 5.92 Å². The van der Waals surface area contributed by atoms with Gasteiger partial charge in [-0.25, -0.2) is 0 Å². The Bertz CT molecular complexity index is 339. The maximum absolute atomic E-state index is 6.35. The van der Waals surface area contributed by atoms with Crippen molar-refractivity contribution in [2.24, 2.45) is 11.7 Å². The van der Waals surface area contributed by atoms with E-state index >= 15 is 0 Å². The van der Waals surface area contributed by atoms with Crippen molar-refractivity contribution in [2.75, 3.05) is 0 Å². The molecule has 0 heterocycles. The van der Waals surface area contributed by atoms with Crippen molar-refractivity contribution in [3.8, 4) is 0 Å². The van der Waals surface area contributed by atoms with Crippen LogP contribution in [0.3, 0.4) is 0 Å². The minimum atomic E-state index is 0.240. The van der Waals surface area contributed by atoms with E-state index in [1.807, 2.05) is 0 Å². The molecule has 1 heteroatoms. The van der Waals surface area contributed by atoms with Crippen molar-refractivity contribution in [1.82, 2.24) is 0 Å². The molecule has 1 atom stereocenters. The number of aryl methyl sites for hydroxylation is 1. The van der Waals surface area contributed by atoms with Crippen LogP contribution in [0.2, 0.25) is 0 Å². The lowest BCUT2D eigenvalue weighted by molar-refractivity contribution is 0.319. The maximum atomic E-state index is 6.35. The summed E-state index contributed by atoms with van der Waals surface area (Å²) in [6.45, 7) is 2.20. The van der Waals surface area contributed by atoms with Gasteiger partial charge in [0, 0.05) is 6.04 Å². The summed E-state index contributed by atoms with van der Waals surface area (Å²) < 4.78 is 0. The minimum Gasteiger partial charge on any atom is -0.324 e. The second kappa shape index (κ2) is 6.20. The van der Waals surface area contributed by atoms with Crippen LogP contribution in [-0.4, -0.2) is 0 Å². The molecule has 1 aliphatic rings. The lowest BCUT2D eigenvalue weighted by Gasteiger charge is -2.24. The maximum Gasteiger partial charge on any atom is 0.0297 e. The molecule has 2 rings (SSSR count). The topological polar surface area (TPSA) is 26.0 Å². The Hall–Kier alpha value is -0.820. The Morgan fingerprint density at radius 2 is 2.00 bits per heavy atom. The highest BCUT2D eigenvalue weighted by molar-refractivity contribution is 5.25. The van der Waals surface area contributed by atoms with Crippen LogP contribution < -0.4 is 5.73 Å². The number of rotatable bonds is 4. The van der Waals surface area contributed by atoms with Gasteiger partial charge in [-0.2, -0.15) is 0 Å². The fourth-order valence-corrected chi connectivity index (χ4v) is 2.96. The number of hydrogen-bond donors (Lipinski definition) is 1. The van der Waals surface area contributed by atoms with Crippen LogP contribution in [0.5, 0.6) is 0 Å². The molecule has 0 saturated heterocycles. The lowest BCUT2D eigenvalue weighted by atomic mass is 9.83. The Kier molecular flexibility index (Phi) is 4.61. The molecule has 0 amide bonds. The van der Waals surface area contributed by atoms with Crippen LogP contribution in [-0.2, 0) is 6.42 Å². The third-order valence-corrected chi connectivity index (χ3v) is 4.10. The van der Waals surface area contributed by atoms with Crippen molar-refractivity contribution < 1.29 is 0 Å². The van der Waals surface area contributed by atoms with Crippen molar-refractivity contribution in [3.63, 3.8) is 0 Å². The first-order valence-corrected chi connectivity index (χ1v) is 7.14. The van der Waals surface area contributed by atoms with E-state index in [0.717, 1.165) is 12.3 Å². The van der Waals surface area contributed by atoms with Crippen molar-refractivity contribution in [1.29, 1.82) is 0 Å². The van der Waals surface area contributed by atoms with Crippen molar-refractivity contribution in [2.45, 2.75) is 57.9 Å². The molecule has 1 aromatic carbocycles. The molecular formula is C16H25N. The van der Waals surface area contributed by atoms with Gasteiger partial charge in [0.15, 0.2) is 0 Å². The van der Waals surface area contributed by atoms with E-state index in [1.54, 1.807) is 0 Å². The van der Waals surface area contributed by atoms with Gasteiger partial charge in [0.2, 0.25) is 0 Å². The molecular weight excluding hydrogens is 206 g/mol. The normalized spacial score (nSPS) is 19.2. The Labute approximate surface area is 105 Å². The molecule has 0 radical (unpaired) electrons. The minimum absolute atomic E-state index is 0.240. The van der Waals surface area contributed by atoms with Crippen LogP contribution in [0.1, 0.15) is 62.6 Å². The van der Waals surface area contributed by atoms with Crippen LogP contribution in [0.4, 0.5) is 0 Å². The third-order valence-electron chi connectivity index (χ3n) is 4.10. The first-order valence-electron chi connectivity index (χ1n) is 7.14. The summed E-state index contributed by atoms with van der Waals surface area (Å²) in [4.78, 5) is 0. The molecule has 1 aromatic rings. The average Bonchev–Trinajstić information content (AvgIpc) is 2.40. The molecule has 94 valence electrons. The van der Waals surface area contributed by atoms with Crippen molar-refractivity contribution in [3.05, 3.63) is 35.4 Å². The molecule has 17 heavy (non-hydrogen) atoms. The molecule has 1 nitrogen and oxygen atoms in total. The predicted octanol–water partition coefficient (Wildman–Crippen LogP) is 4.22. The fourth-order valence-electron chi connectivity index (χ4n) is 2.96. The van der Waals surface area contributed by atoms with E-state index in [-0.39, 0.29) is 6.04 Å². The summed E-state index contributed by atoms with van der Waals surface area (Å²) >= 11 is 0. The molecule has 0 aliphatic heterocycles. The SMILES string of the molecule is CCc1cccc(C(N)CC2CCCCC2)c1. The summed E-state index contributed by atoms with van der Waals surface area (Å²) in [7, 11) is 0. The summed E-state index contributed by atoms with van der Waals surface area (Å²) in [6, 6.07) is 9.05. The van der Waals surface area contributed by atoms with E-state index in [0.29, 0.717) is 0 Å². The van der Waals surface area contributed by atoms with Gasteiger partial charge in [-0.15, -0.1) is 0 Å². The average molecular weight is 231 g/mol. The largest absolute Gasteiger partial charge is 0.324 e. The van der Waals surface area contributed by atoms with Gasteiger partial charge in [-0.1, -0.05) is 63.3 Å². The zero-order chi connectivity index (χ0) is 12.1. The van der Waals surface area contributed by atoms with Gasteiger partial charge in [0.05, 0.1) is 0 Å². The number of nitrogens with two attached hydrogens (primary N) is 1. The first kappa shape index (κ1) is 12.6. The van der Waals surface area contributed by atoms with Crippen LogP contribution >= 0.6 is 0 Å². The predicted molar refractivity (Wildman–Crippen MR) is 73.9 cm³/mol.